The summed E-state index contributed by atoms with van der Waals surface area (Å²) in [4.78, 5) is 26.7. The molecule has 0 aliphatic rings. The van der Waals surface area contributed by atoms with Gasteiger partial charge in [-0.2, -0.15) is 0 Å². The van der Waals surface area contributed by atoms with E-state index in [9.17, 15) is 14.7 Å². The van der Waals surface area contributed by atoms with Crippen LogP contribution in [0.1, 0.15) is 154 Å². The minimum Gasteiger partial charge on any atom is -0.481 e. The summed E-state index contributed by atoms with van der Waals surface area (Å²) >= 11 is 0. The zero-order chi connectivity index (χ0) is 27.2. The van der Waals surface area contributed by atoms with Crippen LogP contribution in [0.2, 0.25) is 0 Å². The second-order valence-corrected chi connectivity index (χ2v) is 12.4. The Morgan fingerprint density at radius 3 is 1.24 bits per heavy atom. The maximum Gasteiger partial charge on any atom is 0.309 e. The molecule has 0 spiro atoms. The molecule has 0 heterocycles. The zero-order valence-corrected chi connectivity index (χ0v) is 25.3. The average molecular weight is 481 g/mol. The SMILES string of the molecule is CCC(C)(CC)CC(C)(C(=O)O)C(CC)(CC)C(CC)(CC)CC(C)(C(C)=O)C(C)(CC)CC. The fourth-order valence-corrected chi connectivity index (χ4v) is 7.98. The minimum atomic E-state index is -0.879. The number of carboxylic acid groups (broad SMARTS) is 1. The van der Waals surface area contributed by atoms with Crippen molar-refractivity contribution in [3.8, 4) is 0 Å². The highest BCUT2D eigenvalue weighted by Crippen LogP contribution is 2.67. The Balaban J connectivity index is 7.40. The van der Waals surface area contributed by atoms with E-state index in [1.165, 1.54) is 0 Å². The molecule has 3 nitrogen and oxygen atoms in total. The number of hydrogen-bond donors (Lipinski definition) is 1. The number of carbonyl (C=O) groups excluding carboxylic acids is 1. The van der Waals surface area contributed by atoms with Crippen molar-refractivity contribution in [3.63, 3.8) is 0 Å². The van der Waals surface area contributed by atoms with Crippen molar-refractivity contribution in [3.05, 3.63) is 0 Å². The van der Waals surface area contributed by atoms with Gasteiger partial charge in [0.1, 0.15) is 5.78 Å². The molecular formula is C31H60O3. The molecule has 0 saturated heterocycles. The van der Waals surface area contributed by atoms with Crippen LogP contribution in [0, 0.1) is 32.5 Å². The van der Waals surface area contributed by atoms with E-state index in [0.717, 1.165) is 57.8 Å². The van der Waals surface area contributed by atoms with Crippen LogP contribution in [0.4, 0.5) is 0 Å². The van der Waals surface area contributed by atoms with Crippen molar-refractivity contribution < 1.29 is 14.7 Å². The van der Waals surface area contributed by atoms with Gasteiger partial charge in [-0.05, 0) is 86.9 Å². The zero-order valence-electron chi connectivity index (χ0n) is 25.3. The van der Waals surface area contributed by atoms with Crippen LogP contribution in [0.15, 0.2) is 0 Å². The van der Waals surface area contributed by atoms with Crippen molar-refractivity contribution in [2.24, 2.45) is 32.5 Å². The first-order valence-electron chi connectivity index (χ1n) is 14.3. The summed E-state index contributed by atoms with van der Waals surface area (Å²) in [5, 5.41) is 10.9. The van der Waals surface area contributed by atoms with Crippen LogP contribution in [-0.2, 0) is 9.59 Å². The molecule has 2 unspecified atom stereocenters. The van der Waals surface area contributed by atoms with Crippen LogP contribution in [0.25, 0.3) is 0 Å². The monoisotopic (exact) mass is 480 g/mol. The van der Waals surface area contributed by atoms with Crippen molar-refractivity contribution in [2.45, 2.75) is 154 Å². The standard InChI is InChI=1S/C31H60O3/c1-14-26(10,15-2)22-29(13,25(33)34)31(20-7,21-8)30(18-5,19-6)23-28(12,24(9)32)27(11,16-3)17-4/h14-23H2,1-13H3,(H,33,34). The molecule has 0 saturated carbocycles. The van der Waals surface area contributed by atoms with Crippen LogP contribution in [0.3, 0.4) is 0 Å². The summed E-state index contributed by atoms with van der Waals surface area (Å²) in [6.07, 6.45) is 8.61. The number of Topliss-reactive ketones (excluding diaryl/α,β-unsaturated/α-hetero) is 1. The first-order valence-corrected chi connectivity index (χ1v) is 14.3. The van der Waals surface area contributed by atoms with Crippen LogP contribution in [0.5, 0.6) is 0 Å². The molecule has 0 rings (SSSR count). The summed E-state index contributed by atoms with van der Waals surface area (Å²) in [5.41, 5.74) is -2.20. The van der Waals surface area contributed by atoms with Crippen molar-refractivity contribution in [1.29, 1.82) is 0 Å². The normalized spacial score (nSPS) is 17.2. The van der Waals surface area contributed by atoms with Gasteiger partial charge in [0.15, 0.2) is 0 Å². The molecule has 3 heteroatoms. The Morgan fingerprint density at radius 1 is 0.588 bits per heavy atom. The molecule has 0 aliphatic carbocycles. The van der Waals surface area contributed by atoms with E-state index >= 15 is 0 Å². The van der Waals surface area contributed by atoms with Gasteiger partial charge in [0.2, 0.25) is 0 Å². The Bertz CT molecular complexity index is 662. The van der Waals surface area contributed by atoms with E-state index < -0.39 is 22.2 Å². The average Bonchev–Trinajstić information content (AvgIpc) is 2.82. The van der Waals surface area contributed by atoms with Crippen LogP contribution >= 0.6 is 0 Å². The van der Waals surface area contributed by atoms with Gasteiger partial charge in [0, 0.05) is 5.41 Å². The van der Waals surface area contributed by atoms with E-state index in [-0.39, 0.29) is 22.0 Å². The third-order valence-electron chi connectivity index (χ3n) is 12.0. The maximum atomic E-state index is 13.4. The lowest BCUT2D eigenvalue weighted by Gasteiger charge is -2.62. The predicted molar refractivity (Wildman–Crippen MR) is 147 cm³/mol. The Morgan fingerprint density at radius 2 is 1.00 bits per heavy atom. The highest BCUT2D eigenvalue weighted by molar-refractivity contribution is 5.83. The fourth-order valence-electron chi connectivity index (χ4n) is 7.98. The molecule has 0 aromatic heterocycles. The summed E-state index contributed by atoms with van der Waals surface area (Å²) in [5.74, 6) is -0.427. The predicted octanol–water partition coefficient (Wildman–Crippen LogP) is 9.72. The van der Waals surface area contributed by atoms with Gasteiger partial charge >= 0.3 is 5.97 Å². The molecule has 34 heavy (non-hydrogen) atoms. The molecule has 0 aromatic carbocycles. The van der Waals surface area contributed by atoms with Crippen LogP contribution < -0.4 is 0 Å². The summed E-state index contributed by atoms with van der Waals surface area (Å²) in [6.45, 7) is 28.2. The smallest absolute Gasteiger partial charge is 0.309 e. The lowest BCUT2D eigenvalue weighted by molar-refractivity contribution is -0.186. The second-order valence-electron chi connectivity index (χ2n) is 12.4. The largest absolute Gasteiger partial charge is 0.481 e. The number of ketones is 1. The number of hydrogen-bond acceptors (Lipinski definition) is 2. The topological polar surface area (TPSA) is 54.4 Å². The summed E-state index contributed by atoms with van der Waals surface area (Å²) in [7, 11) is 0. The number of aliphatic carboxylic acids is 1. The van der Waals surface area contributed by atoms with Gasteiger partial charge < -0.3 is 5.11 Å². The van der Waals surface area contributed by atoms with E-state index in [2.05, 4.69) is 76.2 Å². The summed E-state index contributed by atoms with van der Waals surface area (Å²) < 4.78 is 0. The lowest BCUT2D eigenvalue weighted by Crippen LogP contribution is -2.59. The van der Waals surface area contributed by atoms with E-state index in [1.54, 1.807) is 6.92 Å². The molecule has 0 radical (unpaired) electrons. The molecule has 0 fully saturated rings. The lowest BCUT2D eigenvalue weighted by atomic mass is 9.40. The first kappa shape index (κ1) is 33.1. The quantitative estimate of drug-likeness (QED) is 0.225. The molecule has 2 atom stereocenters. The Hall–Kier alpha value is -0.860. The highest BCUT2D eigenvalue weighted by atomic mass is 16.4. The molecular weight excluding hydrogens is 420 g/mol. The third-order valence-corrected chi connectivity index (χ3v) is 12.0. The Kier molecular flexibility index (Phi) is 11.6. The van der Waals surface area contributed by atoms with E-state index in [4.69, 9.17) is 0 Å². The van der Waals surface area contributed by atoms with Crippen molar-refractivity contribution in [2.75, 3.05) is 0 Å². The maximum absolute atomic E-state index is 13.4. The molecule has 0 amide bonds. The molecule has 202 valence electrons. The molecule has 0 aromatic rings. The van der Waals surface area contributed by atoms with E-state index in [1.807, 2.05) is 6.92 Å². The van der Waals surface area contributed by atoms with Gasteiger partial charge in [0.25, 0.3) is 0 Å². The van der Waals surface area contributed by atoms with Gasteiger partial charge in [0.05, 0.1) is 5.41 Å². The fraction of sp³-hybridized carbons (Fsp3) is 0.935. The van der Waals surface area contributed by atoms with Crippen LogP contribution in [-0.4, -0.2) is 16.9 Å². The van der Waals surface area contributed by atoms with Gasteiger partial charge in [-0.25, -0.2) is 0 Å². The van der Waals surface area contributed by atoms with Gasteiger partial charge in [-0.1, -0.05) is 89.0 Å². The highest BCUT2D eigenvalue weighted by Gasteiger charge is 2.64. The summed E-state index contributed by atoms with van der Waals surface area (Å²) in [6, 6.07) is 0. The van der Waals surface area contributed by atoms with Crippen molar-refractivity contribution >= 4 is 11.8 Å². The molecule has 0 aliphatic heterocycles. The second kappa shape index (κ2) is 11.9. The third kappa shape index (κ3) is 5.15. The van der Waals surface area contributed by atoms with Gasteiger partial charge in [-0.15, -0.1) is 0 Å². The number of rotatable bonds is 17. The van der Waals surface area contributed by atoms with E-state index in [0.29, 0.717) is 6.42 Å². The Labute approximate surface area is 213 Å². The number of carbonyl (C=O) groups is 2. The number of carboxylic acids is 1. The molecule has 0 bridgehead atoms. The minimum absolute atomic E-state index is 0.0266. The first-order chi connectivity index (χ1) is 15.5. The van der Waals surface area contributed by atoms with Crippen molar-refractivity contribution in [1.82, 2.24) is 0 Å². The van der Waals surface area contributed by atoms with Gasteiger partial charge in [-0.3, -0.25) is 9.59 Å². The molecule has 1 N–H and O–H groups in total.